The molecule has 0 unspecified atom stereocenters. The van der Waals surface area contributed by atoms with E-state index >= 15 is 0 Å². The van der Waals surface area contributed by atoms with Gasteiger partial charge in [0, 0.05) is 17.7 Å². The third-order valence-electron chi connectivity index (χ3n) is 2.44. The number of hydrogen-bond donors (Lipinski definition) is 0. The Morgan fingerprint density at radius 2 is 1.89 bits per heavy atom. The van der Waals surface area contributed by atoms with Gasteiger partial charge < -0.3 is 4.74 Å². The molecule has 2 aromatic rings. The fourth-order valence-electron chi connectivity index (χ4n) is 1.51. The van der Waals surface area contributed by atoms with Gasteiger partial charge in [0.05, 0.1) is 10.8 Å². The van der Waals surface area contributed by atoms with E-state index in [1.165, 1.54) is 42.5 Å². The van der Waals surface area contributed by atoms with Crippen molar-refractivity contribution in [3.8, 4) is 11.5 Å². The molecule has 2 aromatic carbocycles. The summed E-state index contributed by atoms with van der Waals surface area (Å²) in [6.07, 6.45) is 0. The van der Waals surface area contributed by atoms with E-state index < -0.39 is 4.92 Å². The minimum absolute atomic E-state index is 0.0536. The van der Waals surface area contributed by atoms with Crippen LogP contribution in [0.25, 0.3) is 0 Å². The maximum absolute atomic E-state index is 12.8. The van der Waals surface area contributed by atoms with Crippen molar-refractivity contribution < 1.29 is 14.1 Å². The molecule has 0 atom stereocenters. The molecule has 0 aliphatic heterocycles. The Labute approximate surface area is 113 Å². The van der Waals surface area contributed by atoms with Crippen molar-refractivity contribution in [2.45, 2.75) is 5.88 Å². The van der Waals surface area contributed by atoms with Crippen LogP contribution in [-0.4, -0.2) is 4.92 Å². The first-order valence-electron chi connectivity index (χ1n) is 5.37. The fourth-order valence-corrected chi connectivity index (χ4v) is 1.72. The van der Waals surface area contributed by atoms with Crippen molar-refractivity contribution in [2.75, 3.05) is 0 Å². The highest BCUT2D eigenvalue weighted by molar-refractivity contribution is 6.17. The van der Waals surface area contributed by atoms with Gasteiger partial charge in [-0.25, -0.2) is 4.39 Å². The van der Waals surface area contributed by atoms with Crippen molar-refractivity contribution in [1.29, 1.82) is 0 Å². The summed E-state index contributed by atoms with van der Waals surface area (Å²) in [5.74, 6) is 0.556. The van der Waals surface area contributed by atoms with Crippen LogP contribution < -0.4 is 4.74 Å². The summed E-state index contributed by atoms with van der Waals surface area (Å²) in [6, 6.07) is 9.62. The number of ether oxygens (including phenoxy) is 1. The molecule has 6 heteroatoms. The van der Waals surface area contributed by atoms with E-state index in [4.69, 9.17) is 16.3 Å². The molecule has 0 aliphatic carbocycles. The molecule has 0 N–H and O–H groups in total. The van der Waals surface area contributed by atoms with Crippen molar-refractivity contribution >= 4 is 17.3 Å². The molecule has 98 valence electrons. The summed E-state index contributed by atoms with van der Waals surface area (Å²) in [7, 11) is 0. The molecule has 0 aromatic heterocycles. The van der Waals surface area contributed by atoms with Gasteiger partial charge in [-0.1, -0.05) is 0 Å². The number of hydrogen-bond acceptors (Lipinski definition) is 3. The maximum Gasteiger partial charge on any atom is 0.270 e. The van der Waals surface area contributed by atoms with Gasteiger partial charge in [0.15, 0.2) is 0 Å². The van der Waals surface area contributed by atoms with Crippen LogP contribution in [0.3, 0.4) is 0 Å². The summed E-state index contributed by atoms with van der Waals surface area (Å²) >= 11 is 5.74. The quantitative estimate of drug-likeness (QED) is 0.478. The zero-order chi connectivity index (χ0) is 13.8. The number of nitrogens with zero attached hydrogens (tertiary/aromatic N) is 1. The molecule has 0 amide bonds. The smallest absolute Gasteiger partial charge is 0.270 e. The number of rotatable bonds is 4. The minimum atomic E-state index is -0.502. The predicted octanol–water partition coefficient (Wildman–Crippen LogP) is 4.27. The molecule has 0 fully saturated rings. The van der Waals surface area contributed by atoms with Gasteiger partial charge in [-0.15, -0.1) is 11.6 Å². The van der Waals surface area contributed by atoms with E-state index in [1.807, 2.05) is 0 Å². The lowest BCUT2D eigenvalue weighted by atomic mass is 10.2. The molecule has 19 heavy (non-hydrogen) atoms. The lowest BCUT2D eigenvalue weighted by Gasteiger charge is -2.09. The second-order valence-electron chi connectivity index (χ2n) is 3.74. The molecule has 0 spiro atoms. The number of nitro benzene ring substituents is 1. The predicted molar refractivity (Wildman–Crippen MR) is 69.1 cm³/mol. The number of nitro groups is 1. The Hall–Kier alpha value is -2.14. The highest BCUT2D eigenvalue weighted by atomic mass is 35.5. The Bertz CT molecular complexity index is 601. The molecule has 4 nitrogen and oxygen atoms in total. The first kappa shape index (κ1) is 13.3. The summed E-state index contributed by atoms with van der Waals surface area (Å²) in [5, 5.41) is 10.7. The lowest BCUT2D eigenvalue weighted by molar-refractivity contribution is -0.384. The van der Waals surface area contributed by atoms with Gasteiger partial charge in [0.1, 0.15) is 17.3 Å². The zero-order valence-electron chi connectivity index (χ0n) is 9.68. The molecule has 0 radical (unpaired) electrons. The van der Waals surface area contributed by atoms with Crippen LogP contribution in [-0.2, 0) is 5.88 Å². The van der Waals surface area contributed by atoms with Crippen LogP contribution in [0.15, 0.2) is 42.5 Å². The second kappa shape index (κ2) is 5.67. The molecule has 2 rings (SSSR count). The van der Waals surface area contributed by atoms with E-state index in [-0.39, 0.29) is 17.4 Å². The average Bonchev–Trinajstić information content (AvgIpc) is 2.41. The van der Waals surface area contributed by atoms with Crippen molar-refractivity contribution in [3.63, 3.8) is 0 Å². The van der Waals surface area contributed by atoms with Crippen molar-refractivity contribution in [2.24, 2.45) is 0 Å². The Morgan fingerprint density at radius 1 is 1.21 bits per heavy atom. The summed E-state index contributed by atoms with van der Waals surface area (Å²) in [4.78, 5) is 10.2. The van der Waals surface area contributed by atoms with E-state index in [0.29, 0.717) is 17.1 Å². The largest absolute Gasteiger partial charge is 0.457 e. The summed E-state index contributed by atoms with van der Waals surface area (Å²) in [6.45, 7) is 0. The molecule has 0 saturated carbocycles. The Morgan fingerprint density at radius 3 is 2.47 bits per heavy atom. The van der Waals surface area contributed by atoms with E-state index in [2.05, 4.69) is 0 Å². The van der Waals surface area contributed by atoms with Gasteiger partial charge in [-0.3, -0.25) is 10.1 Å². The average molecular weight is 282 g/mol. The monoisotopic (exact) mass is 281 g/mol. The second-order valence-corrected chi connectivity index (χ2v) is 4.01. The van der Waals surface area contributed by atoms with Crippen LogP contribution in [0, 0.1) is 15.9 Å². The van der Waals surface area contributed by atoms with E-state index in [1.54, 1.807) is 0 Å². The van der Waals surface area contributed by atoms with Gasteiger partial charge >= 0.3 is 0 Å². The minimum Gasteiger partial charge on any atom is -0.457 e. The number of non-ortho nitro benzene ring substituents is 1. The number of benzene rings is 2. The van der Waals surface area contributed by atoms with E-state index in [9.17, 15) is 14.5 Å². The number of halogens is 2. The number of alkyl halides is 1. The molecule has 0 saturated heterocycles. The first-order valence-corrected chi connectivity index (χ1v) is 5.90. The van der Waals surface area contributed by atoms with Crippen molar-refractivity contribution in [3.05, 3.63) is 64.0 Å². The zero-order valence-corrected chi connectivity index (χ0v) is 10.4. The topological polar surface area (TPSA) is 52.4 Å². The first-order chi connectivity index (χ1) is 9.10. The normalized spacial score (nSPS) is 10.2. The maximum atomic E-state index is 12.8. The summed E-state index contributed by atoms with van der Waals surface area (Å²) < 4.78 is 18.3. The molecule has 0 bridgehead atoms. The lowest BCUT2D eigenvalue weighted by Crippen LogP contribution is -1.93. The molecular formula is C13H9ClFNO3. The van der Waals surface area contributed by atoms with Crippen LogP contribution in [0.4, 0.5) is 10.1 Å². The molecular weight excluding hydrogens is 273 g/mol. The van der Waals surface area contributed by atoms with Crippen LogP contribution in [0.1, 0.15) is 5.56 Å². The SMILES string of the molecule is O=[N+]([O-])c1ccc(Oc2ccc(F)cc2)c(CCl)c1. The Balaban J connectivity index is 2.29. The standard InChI is InChI=1S/C13H9ClFNO3/c14-8-9-7-11(16(17)18)3-6-13(9)19-12-4-1-10(15)2-5-12/h1-7H,8H2. The highest BCUT2D eigenvalue weighted by Gasteiger charge is 2.11. The third kappa shape index (κ3) is 3.20. The Kier molecular flexibility index (Phi) is 3.97. The summed E-state index contributed by atoms with van der Waals surface area (Å²) in [5.41, 5.74) is 0.447. The molecule has 0 aliphatic rings. The molecule has 0 heterocycles. The highest BCUT2D eigenvalue weighted by Crippen LogP contribution is 2.29. The fraction of sp³-hybridized carbons (Fsp3) is 0.0769. The van der Waals surface area contributed by atoms with Crippen LogP contribution in [0.5, 0.6) is 11.5 Å². The van der Waals surface area contributed by atoms with Crippen molar-refractivity contribution in [1.82, 2.24) is 0 Å². The van der Waals surface area contributed by atoms with Gasteiger partial charge in [0.25, 0.3) is 5.69 Å². The third-order valence-corrected chi connectivity index (χ3v) is 2.73. The van der Waals surface area contributed by atoms with Gasteiger partial charge in [-0.2, -0.15) is 0 Å². The van der Waals surface area contributed by atoms with E-state index in [0.717, 1.165) is 0 Å². The van der Waals surface area contributed by atoms with Crippen LogP contribution in [0.2, 0.25) is 0 Å². The van der Waals surface area contributed by atoms with Gasteiger partial charge in [0.2, 0.25) is 0 Å². The van der Waals surface area contributed by atoms with Crippen LogP contribution >= 0.6 is 11.6 Å². The van der Waals surface area contributed by atoms with Gasteiger partial charge in [-0.05, 0) is 30.3 Å².